The average Bonchev–Trinajstić information content (AvgIpc) is 3.06. The number of nitrogens with one attached hydrogen (secondary N) is 2. The molecular formula is C14H18N2O3. The number of fused-ring (bicyclic) bond motifs is 1. The van der Waals surface area contributed by atoms with E-state index in [4.69, 9.17) is 9.47 Å². The zero-order chi connectivity index (χ0) is 13.1. The van der Waals surface area contributed by atoms with Gasteiger partial charge in [0, 0.05) is 18.5 Å². The van der Waals surface area contributed by atoms with Crippen LogP contribution in [-0.2, 0) is 11.3 Å². The highest BCUT2D eigenvalue weighted by Crippen LogP contribution is 2.35. The Hall–Kier alpha value is -1.75. The molecule has 2 aliphatic rings. The number of hydrogen-bond donors (Lipinski definition) is 2. The largest absolute Gasteiger partial charge is 0.454 e. The molecule has 1 amide bonds. The molecule has 19 heavy (non-hydrogen) atoms. The van der Waals surface area contributed by atoms with Crippen molar-refractivity contribution in [3.63, 3.8) is 0 Å². The second kappa shape index (κ2) is 5.48. The summed E-state index contributed by atoms with van der Waals surface area (Å²) in [5.41, 5.74) is 0.966. The van der Waals surface area contributed by atoms with Gasteiger partial charge in [0.2, 0.25) is 12.7 Å². The molecule has 1 aromatic carbocycles. The van der Waals surface area contributed by atoms with Crippen LogP contribution in [0.4, 0.5) is 0 Å². The first-order chi connectivity index (χ1) is 9.33. The predicted molar refractivity (Wildman–Crippen MR) is 70.0 cm³/mol. The summed E-state index contributed by atoms with van der Waals surface area (Å²) in [6, 6.07) is 5.73. The van der Waals surface area contributed by atoms with Crippen molar-refractivity contribution < 1.29 is 14.3 Å². The Balaban J connectivity index is 1.54. The third-order valence-corrected chi connectivity index (χ3v) is 3.59. The van der Waals surface area contributed by atoms with Crippen LogP contribution >= 0.6 is 0 Å². The van der Waals surface area contributed by atoms with Crippen LogP contribution in [0.3, 0.4) is 0 Å². The molecule has 1 saturated heterocycles. The maximum atomic E-state index is 11.9. The normalized spacial score (nSPS) is 20.5. The van der Waals surface area contributed by atoms with Gasteiger partial charge in [-0.25, -0.2) is 0 Å². The third-order valence-electron chi connectivity index (χ3n) is 3.59. The summed E-state index contributed by atoms with van der Waals surface area (Å²) in [5, 5.41) is 6.22. The van der Waals surface area contributed by atoms with E-state index in [2.05, 4.69) is 10.6 Å². The van der Waals surface area contributed by atoms with Crippen molar-refractivity contribution in [1.29, 1.82) is 0 Å². The van der Waals surface area contributed by atoms with Gasteiger partial charge in [-0.2, -0.15) is 0 Å². The van der Waals surface area contributed by atoms with Gasteiger partial charge in [0.15, 0.2) is 11.5 Å². The molecule has 1 unspecified atom stereocenters. The topological polar surface area (TPSA) is 59.6 Å². The number of ether oxygens (including phenoxy) is 2. The molecule has 102 valence electrons. The number of amides is 1. The minimum Gasteiger partial charge on any atom is -0.454 e. The van der Waals surface area contributed by atoms with Crippen molar-refractivity contribution in [3.05, 3.63) is 23.8 Å². The lowest BCUT2D eigenvalue weighted by molar-refractivity contribution is -0.122. The van der Waals surface area contributed by atoms with Crippen molar-refractivity contribution in [2.45, 2.75) is 19.4 Å². The highest BCUT2D eigenvalue weighted by molar-refractivity contribution is 5.76. The SMILES string of the molecule is O=C(CC1CCNC1)NCc1cccc2c1OCO2. The highest BCUT2D eigenvalue weighted by Gasteiger charge is 2.20. The van der Waals surface area contributed by atoms with E-state index >= 15 is 0 Å². The van der Waals surface area contributed by atoms with E-state index < -0.39 is 0 Å². The van der Waals surface area contributed by atoms with Gasteiger partial charge in [0.1, 0.15) is 0 Å². The molecule has 0 spiro atoms. The van der Waals surface area contributed by atoms with E-state index in [1.807, 2.05) is 18.2 Å². The lowest BCUT2D eigenvalue weighted by Crippen LogP contribution is -2.26. The third kappa shape index (κ3) is 2.81. The molecule has 0 aromatic heterocycles. The van der Waals surface area contributed by atoms with Crippen LogP contribution < -0.4 is 20.1 Å². The van der Waals surface area contributed by atoms with Gasteiger partial charge in [-0.05, 0) is 31.5 Å². The lowest BCUT2D eigenvalue weighted by Gasteiger charge is -2.10. The van der Waals surface area contributed by atoms with Crippen molar-refractivity contribution in [2.24, 2.45) is 5.92 Å². The smallest absolute Gasteiger partial charge is 0.231 e. The van der Waals surface area contributed by atoms with E-state index in [1.54, 1.807) is 0 Å². The average molecular weight is 262 g/mol. The number of carbonyl (C=O) groups is 1. The zero-order valence-electron chi connectivity index (χ0n) is 10.8. The number of rotatable bonds is 4. The van der Waals surface area contributed by atoms with Gasteiger partial charge in [-0.3, -0.25) is 4.79 Å². The van der Waals surface area contributed by atoms with Crippen LogP contribution in [0, 0.1) is 5.92 Å². The van der Waals surface area contributed by atoms with Crippen LogP contribution in [0.25, 0.3) is 0 Å². The van der Waals surface area contributed by atoms with Crippen LogP contribution in [0.15, 0.2) is 18.2 Å². The zero-order valence-corrected chi connectivity index (χ0v) is 10.8. The van der Waals surface area contributed by atoms with Crippen LogP contribution in [-0.4, -0.2) is 25.8 Å². The molecule has 5 nitrogen and oxygen atoms in total. The number of carbonyl (C=O) groups excluding carboxylic acids is 1. The molecule has 5 heteroatoms. The standard InChI is InChI=1S/C14H18N2O3/c17-13(6-10-4-5-15-7-10)16-8-11-2-1-3-12-14(11)19-9-18-12/h1-3,10,15H,4-9H2,(H,16,17). The molecule has 0 radical (unpaired) electrons. The summed E-state index contributed by atoms with van der Waals surface area (Å²) in [5.74, 6) is 2.09. The highest BCUT2D eigenvalue weighted by atomic mass is 16.7. The van der Waals surface area contributed by atoms with Crippen molar-refractivity contribution in [1.82, 2.24) is 10.6 Å². The fraction of sp³-hybridized carbons (Fsp3) is 0.500. The molecule has 2 heterocycles. The Morgan fingerprint density at radius 3 is 3.21 bits per heavy atom. The monoisotopic (exact) mass is 262 g/mol. The van der Waals surface area contributed by atoms with Gasteiger partial charge in [-0.1, -0.05) is 12.1 Å². The van der Waals surface area contributed by atoms with E-state index in [0.29, 0.717) is 18.9 Å². The fourth-order valence-electron chi connectivity index (χ4n) is 2.55. The Kier molecular flexibility index (Phi) is 3.55. The van der Waals surface area contributed by atoms with E-state index in [0.717, 1.165) is 36.6 Å². The molecule has 3 rings (SSSR count). The van der Waals surface area contributed by atoms with Crippen molar-refractivity contribution in [2.75, 3.05) is 19.9 Å². The van der Waals surface area contributed by atoms with Crippen LogP contribution in [0.1, 0.15) is 18.4 Å². The molecule has 2 N–H and O–H groups in total. The Labute approximate surface area is 112 Å². The van der Waals surface area contributed by atoms with E-state index in [1.165, 1.54) is 0 Å². The second-order valence-electron chi connectivity index (χ2n) is 4.99. The van der Waals surface area contributed by atoms with Crippen molar-refractivity contribution in [3.8, 4) is 11.5 Å². The molecule has 0 aliphatic carbocycles. The second-order valence-corrected chi connectivity index (χ2v) is 4.99. The van der Waals surface area contributed by atoms with Gasteiger partial charge in [0.25, 0.3) is 0 Å². The van der Waals surface area contributed by atoms with Gasteiger partial charge in [-0.15, -0.1) is 0 Å². The predicted octanol–water partition coefficient (Wildman–Crippen LogP) is 1.03. The summed E-state index contributed by atoms with van der Waals surface area (Å²) < 4.78 is 10.7. The van der Waals surface area contributed by atoms with Gasteiger partial charge >= 0.3 is 0 Å². The van der Waals surface area contributed by atoms with Crippen LogP contribution in [0.2, 0.25) is 0 Å². The summed E-state index contributed by atoms with van der Waals surface area (Å²) in [6.45, 7) is 2.72. The minimum absolute atomic E-state index is 0.102. The van der Waals surface area contributed by atoms with Gasteiger partial charge < -0.3 is 20.1 Å². The van der Waals surface area contributed by atoms with E-state index in [9.17, 15) is 4.79 Å². The Morgan fingerprint density at radius 1 is 1.42 bits per heavy atom. The number of para-hydroxylation sites is 1. The Bertz CT molecular complexity index is 470. The molecule has 1 atom stereocenters. The maximum Gasteiger partial charge on any atom is 0.231 e. The summed E-state index contributed by atoms with van der Waals surface area (Å²) >= 11 is 0. The first kappa shape index (κ1) is 12.3. The van der Waals surface area contributed by atoms with Gasteiger partial charge in [0.05, 0.1) is 0 Å². The van der Waals surface area contributed by atoms with Crippen LogP contribution in [0.5, 0.6) is 11.5 Å². The fourth-order valence-corrected chi connectivity index (χ4v) is 2.55. The molecule has 0 bridgehead atoms. The molecule has 1 fully saturated rings. The summed E-state index contributed by atoms with van der Waals surface area (Å²) in [7, 11) is 0. The molecule has 0 saturated carbocycles. The first-order valence-electron chi connectivity index (χ1n) is 6.68. The number of benzene rings is 1. The molecule has 2 aliphatic heterocycles. The first-order valence-corrected chi connectivity index (χ1v) is 6.68. The lowest BCUT2D eigenvalue weighted by atomic mass is 10.0. The summed E-state index contributed by atoms with van der Waals surface area (Å²) in [4.78, 5) is 11.9. The maximum absolute atomic E-state index is 11.9. The van der Waals surface area contributed by atoms with E-state index in [-0.39, 0.29) is 12.7 Å². The number of hydrogen-bond acceptors (Lipinski definition) is 4. The summed E-state index contributed by atoms with van der Waals surface area (Å²) in [6.07, 6.45) is 1.69. The minimum atomic E-state index is 0.102. The Morgan fingerprint density at radius 2 is 2.37 bits per heavy atom. The quantitative estimate of drug-likeness (QED) is 0.851. The molecular weight excluding hydrogens is 244 g/mol. The molecule has 1 aromatic rings. The van der Waals surface area contributed by atoms with Crippen molar-refractivity contribution >= 4 is 5.91 Å².